The van der Waals surface area contributed by atoms with Gasteiger partial charge >= 0.3 is 0 Å². The number of nitrogens with zero attached hydrogens (tertiary/aromatic N) is 1. The third-order valence-corrected chi connectivity index (χ3v) is 5.65. The van der Waals surface area contributed by atoms with E-state index in [1.807, 2.05) is 11.3 Å². The van der Waals surface area contributed by atoms with E-state index in [1.165, 1.54) is 48.1 Å². The van der Waals surface area contributed by atoms with E-state index < -0.39 is 0 Å². The Hall–Kier alpha value is 0.140. The van der Waals surface area contributed by atoms with Crippen LogP contribution >= 0.6 is 27.3 Å². The standard InChI is InChI=1S/C14H22BrNS/c1-3-6-14(7-4-2)10-16(11-14)9-13-12(15)5-8-17-13/h5,8H,3-4,6-7,9-11H2,1-2H3. The molecule has 96 valence electrons. The van der Waals surface area contributed by atoms with Gasteiger partial charge in [0.15, 0.2) is 0 Å². The molecule has 0 unspecified atom stereocenters. The first-order valence-electron chi connectivity index (χ1n) is 6.63. The van der Waals surface area contributed by atoms with Gasteiger partial charge in [-0.15, -0.1) is 11.3 Å². The monoisotopic (exact) mass is 315 g/mol. The van der Waals surface area contributed by atoms with Gasteiger partial charge < -0.3 is 0 Å². The largest absolute Gasteiger partial charge is 0.297 e. The Morgan fingerprint density at radius 1 is 1.29 bits per heavy atom. The van der Waals surface area contributed by atoms with Crippen LogP contribution < -0.4 is 0 Å². The summed E-state index contributed by atoms with van der Waals surface area (Å²) in [6.07, 6.45) is 5.47. The predicted octanol–water partition coefficient (Wildman–Crippen LogP) is 4.91. The zero-order valence-corrected chi connectivity index (χ0v) is 13.2. The van der Waals surface area contributed by atoms with Crippen molar-refractivity contribution in [3.05, 3.63) is 20.8 Å². The van der Waals surface area contributed by atoms with Crippen molar-refractivity contribution in [2.45, 2.75) is 46.1 Å². The minimum Gasteiger partial charge on any atom is -0.297 e. The summed E-state index contributed by atoms with van der Waals surface area (Å²) in [5.41, 5.74) is 0.646. The first-order chi connectivity index (χ1) is 8.19. The molecule has 1 aromatic rings. The number of hydrogen-bond donors (Lipinski definition) is 0. The summed E-state index contributed by atoms with van der Waals surface area (Å²) >= 11 is 5.49. The summed E-state index contributed by atoms with van der Waals surface area (Å²) in [6.45, 7) is 8.37. The van der Waals surface area contributed by atoms with Crippen molar-refractivity contribution in [2.24, 2.45) is 5.41 Å². The molecule has 1 saturated heterocycles. The third-order valence-electron chi connectivity index (χ3n) is 3.74. The normalized spacial score (nSPS) is 19.2. The Labute approximate surface area is 117 Å². The van der Waals surface area contributed by atoms with E-state index in [0.717, 1.165) is 6.54 Å². The van der Waals surface area contributed by atoms with Crippen LogP contribution in [0.5, 0.6) is 0 Å². The number of rotatable bonds is 6. The average Bonchev–Trinajstić information content (AvgIpc) is 2.63. The molecule has 2 rings (SSSR count). The molecule has 0 bridgehead atoms. The van der Waals surface area contributed by atoms with Gasteiger partial charge in [0.2, 0.25) is 0 Å². The fraction of sp³-hybridized carbons (Fsp3) is 0.714. The van der Waals surface area contributed by atoms with Crippen molar-refractivity contribution in [1.82, 2.24) is 4.90 Å². The molecule has 3 heteroatoms. The van der Waals surface area contributed by atoms with Gasteiger partial charge in [-0.05, 0) is 45.6 Å². The summed E-state index contributed by atoms with van der Waals surface area (Å²) in [5, 5.41) is 2.17. The van der Waals surface area contributed by atoms with Gasteiger partial charge in [0.1, 0.15) is 0 Å². The van der Waals surface area contributed by atoms with Crippen LogP contribution in [0, 0.1) is 5.41 Å². The molecule has 17 heavy (non-hydrogen) atoms. The van der Waals surface area contributed by atoms with Crippen molar-refractivity contribution in [3.63, 3.8) is 0 Å². The van der Waals surface area contributed by atoms with Crippen LogP contribution in [-0.2, 0) is 6.54 Å². The molecule has 0 saturated carbocycles. The predicted molar refractivity (Wildman–Crippen MR) is 79.5 cm³/mol. The minimum absolute atomic E-state index is 0.646. The molecular weight excluding hydrogens is 294 g/mol. The summed E-state index contributed by atoms with van der Waals surface area (Å²) in [6, 6.07) is 2.16. The van der Waals surface area contributed by atoms with Gasteiger partial charge in [0.25, 0.3) is 0 Å². The van der Waals surface area contributed by atoms with Gasteiger partial charge in [0.05, 0.1) is 0 Å². The second-order valence-electron chi connectivity index (χ2n) is 5.34. The highest BCUT2D eigenvalue weighted by molar-refractivity contribution is 9.10. The fourth-order valence-electron chi connectivity index (χ4n) is 3.16. The van der Waals surface area contributed by atoms with E-state index in [4.69, 9.17) is 0 Å². The molecule has 0 atom stereocenters. The topological polar surface area (TPSA) is 3.24 Å². The molecule has 1 nitrogen and oxygen atoms in total. The molecule has 2 heterocycles. The molecular formula is C14H22BrNS. The highest BCUT2D eigenvalue weighted by atomic mass is 79.9. The maximum atomic E-state index is 3.62. The van der Waals surface area contributed by atoms with Crippen LogP contribution in [-0.4, -0.2) is 18.0 Å². The van der Waals surface area contributed by atoms with Gasteiger partial charge in [-0.3, -0.25) is 4.90 Å². The maximum Gasteiger partial charge on any atom is 0.0339 e. The summed E-state index contributed by atoms with van der Waals surface area (Å²) in [4.78, 5) is 4.08. The summed E-state index contributed by atoms with van der Waals surface area (Å²) in [5.74, 6) is 0. The molecule has 0 aromatic carbocycles. The number of hydrogen-bond acceptors (Lipinski definition) is 2. The van der Waals surface area contributed by atoms with Crippen LogP contribution in [0.4, 0.5) is 0 Å². The Morgan fingerprint density at radius 2 is 1.94 bits per heavy atom. The molecule has 1 fully saturated rings. The van der Waals surface area contributed by atoms with Crippen molar-refractivity contribution >= 4 is 27.3 Å². The fourth-order valence-corrected chi connectivity index (χ4v) is 4.68. The zero-order valence-electron chi connectivity index (χ0n) is 10.8. The van der Waals surface area contributed by atoms with E-state index in [2.05, 4.69) is 46.1 Å². The lowest BCUT2D eigenvalue weighted by Gasteiger charge is -2.51. The van der Waals surface area contributed by atoms with Crippen LogP contribution in [0.25, 0.3) is 0 Å². The van der Waals surface area contributed by atoms with Gasteiger partial charge in [0, 0.05) is 29.0 Å². The second-order valence-corrected chi connectivity index (χ2v) is 7.19. The SMILES string of the molecule is CCCC1(CCC)CN(Cc2sccc2Br)C1. The molecule has 0 amide bonds. The van der Waals surface area contributed by atoms with Crippen molar-refractivity contribution in [1.29, 1.82) is 0 Å². The maximum absolute atomic E-state index is 3.62. The lowest BCUT2D eigenvalue weighted by molar-refractivity contribution is -0.0198. The number of likely N-dealkylation sites (tertiary alicyclic amines) is 1. The quantitative estimate of drug-likeness (QED) is 0.720. The molecule has 0 radical (unpaired) electrons. The first-order valence-corrected chi connectivity index (χ1v) is 8.30. The van der Waals surface area contributed by atoms with Gasteiger partial charge in [-0.1, -0.05) is 26.7 Å². The van der Waals surface area contributed by atoms with E-state index in [0.29, 0.717) is 5.41 Å². The van der Waals surface area contributed by atoms with Crippen molar-refractivity contribution < 1.29 is 0 Å². The van der Waals surface area contributed by atoms with Crippen LogP contribution in [0.3, 0.4) is 0 Å². The smallest absolute Gasteiger partial charge is 0.0339 e. The van der Waals surface area contributed by atoms with E-state index in [9.17, 15) is 0 Å². The molecule has 0 aliphatic carbocycles. The van der Waals surface area contributed by atoms with Crippen molar-refractivity contribution in [3.8, 4) is 0 Å². The summed E-state index contributed by atoms with van der Waals surface area (Å²) < 4.78 is 1.28. The third kappa shape index (κ3) is 3.12. The Bertz CT molecular complexity index is 347. The minimum atomic E-state index is 0.646. The molecule has 1 aliphatic heterocycles. The Morgan fingerprint density at radius 3 is 2.41 bits per heavy atom. The zero-order chi connectivity index (χ0) is 12.3. The lowest BCUT2D eigenvalue weighted by atomic mass is 9.72. The van der Waals surface area contributed by atoms with Gasteiger partial charge in [-0.25, -0.2) is 0 Å². The molecule has 1 aliphatic rings. The average molecular weight is 316 g/mol. The number of thiophene rings is 1. The molecule has 0 N–H and O–H groups in total. The second kappa shape index (κ2) is 5.85. The summed E-state index contributed by atoms with van der Waals surface area (Å²) in [7, 11) is 0. The molecule has 1 aromatic heterocycles. The van der Waals surface area contributed by atoms with E-state index in [1.54, 1.807) is 0 Å². The van der Waals surface area contributed by atoms with Crippen LogP contribution in [0.2, 0.25) is 0 Å². The highest BCUT2D eigenvalue weighted by Gasteiger charge is 2.40. The Balaban J connectivity index is 1.86. The van der Waals surface area contributed by atoms with Crippen LogP contribution in [0.1, 0.15) is 44.4 Å². The van der Waals surface area contributed by atoms with Crippen molar-refractivity contribution in [2.75, 3.05) is 13.1 Å². The van der Waals surface area contributed by atoms with Crippen LogP contribution in [0.15, 0.2) is 15.9 Å². The van der Waals surface area contributed by atoms with E-state index >= 15 is 0 Å². The highest BCUT2D eigenvalue weighted by Crippen LogP contribution is 2.41. The first kappa shape index (κ1) is 13.6. The number of halogens is 1. The Kier molecular flexibility index (Phi) is 4.67. The van der Waals surface area contributed by atoms with E-state index in [-0.39, 0.29) is 0 Å². The van der Waals surface area contributed by atoms with Gasteiger partial charge in [-0.2, -0.15) is 0 Å². The lowest BCUT2D eigenvalue weighted by Crippen LogP contribution is -2.55. The molecule has 0 spiro atoms.